The molecular weight excluding hydrogens is 509 g/mol. The van der Waals surface area contributed by atoms with Crippen LogP contribution in [0.1, 0.15) is 40.4 Å². The molecule has 0 aromatic heterocycles. The summed E-state index contributed by atoms with van der Waals surface area (Å²) in [5.74, 6) is -0.313. The average Bonchev–Trinajstić information content (AvgIpc) is 2.92. The van der Waals surface area contributed by atoms with Gasteiger partial charge in [0.1, 0.15) is 0 Å². The summed E-state index contributed by atoms with van der Waals surface area (Å²) < 4.78 is 45.3. The number of rotatable bonds is 9. The summed E-state index contributed by atoms with van der Waals surface area (Å²) in [5, 5.41) is 7.72. The van der Waals surface area contributed by atoms with Gasteiger partial charge in [-0.15, -0.1) is 0 Å². The van der Waals surface area contributed by atoms with Crippen molar-refractivity contribution in [2.24, 2.45) is 0 Å². The molecule has 1 aliphatic rings. The molecule has 0 bridgehead atoms. The lowest BCUT2D eigenvalue weighted by molar-refractivity contribution is -0.136. The molecule has 206 valence electrons. The Kier molecular flexibility index (Phi) is 9.08. The number of carbonyl (C=O) groups excluding carboxylic acids is 2. The van der Waals surface area contributed by atoms with Gasteiger partial charge in [0.05, 0.1) is 16.8 Å². The predicted molar refractivity (Wildman–Crippen MR) is 145 cm³/mol. The molecule has 0 saturated carbocycles. The highest BCUT2D eigenvalue weighted by atomic mass is 19.4. The number of hydrogen-bond donors (Lipinski definition) is 3. The molecule has 1 aliphatic heterocycles. The Bertz CT molecular complexity index is 1310. The minimum absolute atomic E-state index is 0.276. The van der Waals surface area contributed by atoms with Crippen molar-refractivity contribution < 1.29 is 27.5 Å². The molecule has 7 nitrogen and oxygen atoms in total. The zero-order valence-electron chi connectivity index (χ0n) is 21.6. The van der Waals surface area contributed by atoms with Gasteiger partial charge in [0, 0.05) is 44.2 Å². The average molecular weight is 541 g/mol. The normalized spacial score (nSPS) is 13.0. The molecule has 3 aromatic carbocycles. The van der Waals surface area contributed by atoms with E-state index in [2.05, 4.69) is 33.0 Å². The number of benzene rings is 3. The largest absolute Gasteiger partial charge is 0.418 e. The van der Waals surface area contributed by atoms with E-state index in [-0.39, 0.29) is 17.3 Å². The minimum atomic E-state index is -4.62. The lowest BCUT2D eigenvalue weighted by Gasteiger charge is -2.32. The Morgan fingerprint density at radius 2 is 1.72 bits per heavy atom. The van der Waals surface area contributed by atoms with Crippen LogP contribution < -0.4 is 20.9 Å². The Morgan fingerprint density at radius 1 is 0.974 bits per heavy atom. The highest BCUT2D eigenvalue weighted by Crippen LogP contribution is 2.35. The van der Waals surface area contributed by atoms with Gasteiger partial charge in [0.25, 0.3) is 5.91 Å². The molecule has 4 rings (SSSR count). The lowest BCUT2D eigenvalue weighted by Crippen LogP contribution is -2.33. The second kappa shape index (κ2) is 12.7. The number of amides is 3. The summed E-state index contributed by atoms with van der Waals surface area (Å²) in [5.41, 5.74) is 2.48. The maximum atomic E-state index is 13.3. The van der Waals surface area contributed by atoms with Crippen molar-refractivity contribution in [2.75, 3.05) is 41.8 Å². The molecule has 1 heterocycles. The van der Waals surface area contributed by atoms with Crippen LogP contribution in [0.3, 0.4) is 0 Å². The molecule has 3 N–H and O–H groups in total. The molecule has 0 unspecified atom stereocenters. The number of nitrogens with zero attached hydrogens (tertiary/aromatic N) is 1. The maximum Gasteiger partial charge on any atom is 0.418 e. The number of fused-ring (bicyclic) bond motifs is 1. The van der Waals surface area contributed by atoms with E-state index in [1.807, 2.05) is 19.1 Å². The van der Waals surface area contributed by atoms with Crippen molar-refractivity contribution in [3.05, 3.63) is 89.0 Å². The third-order valence-electron chi connectivity index (χ3n) is 6.41. The van der Waals surface area contributed by atoms with Crippen molar-refractivity contribution in [3.63, 3.8) is 0 Å². The quantitative estimate of drug-likeness (QED) is 0.288. The van der Waals surface area contributed by atoms with Crippen LogP contribution >= 0.6 is 0 Å². The second-order valence-electron chi connectivity index (χ2n) is 9.10. The van der Waals surface area contributed by atoms with Crippen LogP contribution in [-0.4, -0.2) is 38.2 Å². The fraction of sp³-hybridized carbons (Fsp3) is 0.310. The summed E-state index contributed by atoms with van der Waals surface area (Å²) >= 11 is 0. The first-order chi connectivity index (χ1) is 18.8. The van der Waals surface area contributed by atoms with Gasteiger partial charge < -0.3 is 25.6 Å². The standard InChI is InChI=1S/C29H31F3N4O3/c1-2-39-17-7-15-33-27(37)23-18-22(34-28(38)35-25-11-6-5-10-24(25)29(30,31)32)12-13-26(23)36-16-14-20-8-3-4-9-21(20)19-36/h3-6,8-13,18H,2,7,14-17,19H2,1H3,(H,33,37)(H2,34,35,38). The number of nitrogens with one attached hydrogen (secondary N) is 3. The van der Waals surface area contributed by atoms with Gasteiger partial charge in [-0.25, -0.2) is 4.79 Å². The Labute approximate surface area is 225 Å². The fourth-order valence-electron chi connectivity index (χ4n) is 4.51. The first-order valence-electron chi connectivity index (χ1n) is 12.8. The van der Waals surface area contributed by atoms with Crippen molar-refractivity contribution in [1.29, 1.82) is 0 Å². The van der Waals surface area contributed by atoms with Crippen LogP contribution in [0.25, 0.3) is 0 Å². The van der Waals surface area contributed by atoms with E-state index >= 15 is 0 Å². The van der Waals surface area contributed by atoms with Crippen molar-refractivity contribution in [3.8, 4) is 0 Å². The number of ether oxygens (including phenoxy) is 1. The number of anilines is 3. The number of halogens is 3. The number of alkyl halides is 3. The van der Waals surface area contributed by atoms with Crippen LogP contribution in [0.2, 0.25) is 0 Å². The van der Waals surface area contributed by atoms with Gasteiger partial charge >= 0.3 is 12.2 Å². The van der Waals surface area contributed by atoms with Gasteiger partial charge in [-0.3, -0.25) is 4.79 Å². The van der Waals surface area contributed by atoms with Crippen LogP contribution in [0, 0.1) is 0 Å². The number of para-hydroxylation sites is 1. The van der Waals surface area contributed by atoms with E-state index < -0.39 is 17.8 Å². The van der Waals surface area contributed by atoms with Crippen LogP contribution in [0.15, 0.2) is 66.7 Å². The van der Waals surface area contributed by atoms with Gasteiger partial charge in [-0.2, -0.15) is 13.2 Å². The first kappa shape index (κ1) is 28.0. The van der Waals surface area contributed by atoms with Crippen LogP contribution in [-0.2, 0) is 23.9 Å². The Hall–Kier alpha value is -4.05. The highest BCUT2D eigenvalue weighted by molar-refractivity contribution is 6.04. The predicted octanol–water partition coefficient (Wildman–Crippen LogP) is 6.07. The fourth-order valence-corrected chi connectivity index (χ4v) is 4.51. The van der Waals surface area contributed by atoms with Gasteiger partial charge in [-0.1, -0.05) is 36.4 Å². The molecule has 0 aliphatic carbocycles. The Morgan fingerprint density at radius 3 is 2.49 bits per heavy atom. The number of urea groups is 1. The van der Waals surface area contributed by atoms with Gasteiger partial charge in [-0.05, 0) is 61.2 Å². The van der Waals surface area contributed by atoms with E-state index in [1.54, 1.807) is 18.2 Å². The first-order valence-corrected chi connectivity index (χ1v) is 12.8. The minimum Gasteiger partial charge on any atom is -0.382 e. The molecule has 0 saturated heterocycles. The van der Waals surface area contributed by atoms with E-state index in [1.165, 1.54) is 29.3 Å². The molecule has 0 spiro atoms. The summed E-state index contributed by atoms with van der Waals surface area (Å²) in [7, 11) is 0. The van der Waals surface area contributed by atoms with E-state index in [0.717, 1.165) is 12.5 Å². The summed E-state index contributed by atoms with van der Waals surface area (Å²) in [4.78, 5) is 28.0. The SMILES string of the molecule is CCOCCCNC(=O)c1cc(NC(=O)Nc2ccccc2C(F)(F)F)ccc1N1CCc2ccccc2C1. The zero-order valence-corrected chi connectivity index (χ0v) is 21.6. The third kappa shape index (κ3) is 7.29. The third-order valence-corrected chi connectivity index (χ3v) is 6.41. The molecule has 0 fully saturated rings. The highest BCUT2D eigenvalue weighted by Gasteiger charge is 2.33. The second-order valence-corrected chi connectivity index (χ2v) is 9.10. The van der Waals surface area contributed by atoms with E-state index in [9.17, 15) is 22.8 Å². The van der Waals surface area contributed by atoms with Crippen molar-refractivity contribution in [1.82, 2.24) is 5.32 Å². The summed E-state index contributed by atoms with van der Waals surface area (Å²) in [6.45, 7) is 4.77. The zero-order chi connectivity index (χ0) is 27.8. The lowest BCUT2D eigenvalue weighted by atomic mass is 9.98. The van der Waals surface area contributed by atoms with Crippen LogP contribution in [0.5, 0.6) is 0 Å². The van der Waals surface area contributed by atoms with E-state index in [0.29, 0.717) is 50.5 Å². The molecule has 39 heavy (non-hydrogen) atoms. The van der Waals surface area contributed by atoms with Crippen molar-refractivity contribution in [2.45, 2.75) is 32.5 Å². The number of carbonyl (C=O) groups is 2. The van der Waals surface area contributed by atoms with Crippen LogP contribution in [0.4, 0.5) is 35.0 Å². The van der Waals surface area contributed by atoms with Gasteiger partial charge in [0.15, 0.2) is 0 Å². The topological polar surface area (TPSA) is 82.7 Å². The number of hydrogen-bond acceptors (Lipinski definition) is 4. The monoisotopic (exact) mass is 540 g/mol. The molecule has 0 atom stereocenters. The molecule has 0 radical (unpaired) electrons. The molecule has 3 amide bonds. The van der Waals surface area contributed by atoms with Gasteiger partial charge in [0.2, 0.25) is 0 Å². The molecule has 3 aromatic rings. The van der Waals surface area contributed by atoms with E-state index in [4.69, 9.17) is 4.74 Å². The summed E-state index contributed by atoms with van der Waals surface area (Å²) in [6.07, 6.45) is -3.15. The molecule has 10 heteroatoms. The Balaban J connectivity index is 1.54. The molecular formula is C29H31F3N4O3. The maximum absolute atomic E-state index is 13.3. The smallest absolute Gasteiger partial charge is 0.382 e. The summed E-state index contributed by atoms with van der Waals surface area (Å²) in [6, 6.07) is 17.0. The van der Waals surface area contributed by atoms with Crippen molar-refractivity contribution >= 4 is 29.0 Å².